The minimum Gasteiger partial charge on any atom is -0.376 e. The number of unbranched alkanes of at least 4 members (excludes halogenated alkanes) is 2. The summed E-state index contributed by atoms with van der Waals surface area (Å²) in [6.45, 7) is 4.07. The lowest BCUT2D eigenvalue weighted by Gasteiger charge is -2.18. The first kappa shape index (κ1) is 21.0. The molecule has 0 amide bonds. The molecule has 1 rings (SSSR count). The van der Waals surface area contributed by atoms with Crippen molar-refractivity contribution < 1.29 is 26.3 Å². The third-order valence-corrected chi connectivity index (χ3v) is 4.61. The van der Waals surface area contributed by atoms with Crippen LogP contribution in [0.5, 0.6) is 0 Å². The molecule has 1 aromatic rings. The first-order valence-electron chi connectivity index (χ1n) is 7.69. The zero-order valence-electron chi connectivity index (χ0n) is 13.5. The van der Waals surface area contributed by atoms with Gasteiger partial charge in [0.1, 0.15) is 0 Å². The Labute approximate surface area is 142 Å². The highest BCUT2D eigenvalue weighted by molar-refractivity contribution is 7.99. The van der Waals surface area contributed by atoms with E-state index in [1.807, 2.05) is 6.92 Å². The first-order chi connectivity index (χ1) is 11.1. The number of nitrogens with one attached hydrogen (secondary N) is 1. The van der Waals surface area contributed by atoms with Crippen molar-refractivity contribution in [3.8, 4) is 0 Å². The molecular weight excluding hydrogens is 352 g/mol. The molecule has 1 N–H and O–H groups in total. The van der Waals surface area contributed by atoms with E-state index in [1.54, 1.807) is 0 Å². The van der Waals surface area contributed by atoms with Crippen molar-refractivity contribution in [2.75, 3.05) is 11.2 Å². The van der Waals surface area contributed by atoms with Crippen molar-refractivity contribution in [2.24, 2.45) is 0 Å². The first-order valence-corrected chi connectivity index (χ1v) is 8.74. The molecule has 0 aliphatic heterocycles. The van der Waals surface area contributed by atoms with Gasteiger partial charge in [-0.25, -0.2) is 0 Å². The van der Waals surface area contributed by atoms with Crippen molar-refractivity contribution in [2.45, 2.75) is 57.1 Å². The highest BCUT2D eigenvalue weighted by Crippen LogP contribution is 2.39. The predicted octanol–water partition coefficient (Wildman–Crippen LogP) is 6.80. The average molecular weight is 373 g/mol. The molecule has 0 saturated heterocycles. The molecule has 0 spiro atoms. The van der Waals surface area contributed by atoms with Gasteiger partial charge in [0.2, 0.25) is 0 Å². The number of benzene rings is 1. The van der Waals surface area contributed by atoms with Crippen molar-refractivity contribution in [1.82, 2.24) is 0 Å². The fourth-order valence-corrected chi connectivity index (χ4v) is 2.99. The number of thioether (sulfide) groups is 1. The van der Waals surface area contributed by atoms with Gasteiger partial charge in [0.15, 0.2) is 0 Å². The molecule has 138 valence electrons. The minimum absolute atomic E-state index is 0.150. The Bertz CT molecular complexity index is 512. The Morgan fingerprint density at radius 2 is 1.71 bits per heavy atom. The van der Waals surface area contributed by atoms with Gasteiger partial charge in [0, 0.05) is 10.9 Å². The van der Waals surface area contributed by atoms with E-state index in [0.717, 1.165) is 31.7 Å². The van der Waals surface area contributed by atoms with Crippen LogP contribution in [0.25, 0.3) is 0 Å². The monoisotopic (exact) mass is 373 g/mol. The van der Waals surface area contributed by atoms with Crippen LogP contribution in [-0.4, -0.2) is 11.1 Å². The van der Waals surface area contributed by atoms with E-state index in [4.69, 9.17) is 0 Å². The molecule has 1 atom stereocenters. The van der Waals surface area contributed by atoms with E-state index >= 15 is 0 Å². The summed E-state index contributed by atoms with van der Waals surface area (Å²) in [6, 6.07) is 1.65. The molecule has 1 nitrogen and oxygen atoms in total. The van der Waals surface area contributed by atoms with Gasteiger partial charge in [-0.1, -0.05) is 33.1 Å². The Morgan fingerprint density at radius 3 is 2.25 bits per heavy atom. The number of alkyl halides is 6. The molecule has 8 heteroatoms. The lowest BCUT2D eigenvalue weighted by atomic mass is 10.1. The smallest absolute Gasteiger partial charge is 0.376 e. The molecule has 0 fully saturated rings. The third-order valence-electron chi connectivity index (χ3n) is 3.50. The summed E-state index contributed by atoms with van der Waals surface area (Å²) in [4.78, 5) is 0. The Morgan fingerprint density at radius 1 is 1.04 bits per heavy atom. The van der Waals surface area contributed by atoms with Gasteiger partial charge in [0.05, 0.1) is 17.0 Å². The molecule has 0 aromatic heterocycles. The topological polar surface area (TPSA) is 12.0 Å². The van der Waals surface area contributed by atoms with Crippen LogP contribution in [0.2, 0.25) is 0 Å². The van der Waals surface area contributed by atoms with Gasteiger partial charge in [-0.3, -0.25) is 0 Å². The van der Waals surface area contributed by atoms with Crippen molar-refractivity contribution in [3.63, 3.8) is 0 Å². The molecule has 0 unspecified atom stereocenters. The molecule has 0 aliphatic rings. The molecule has 0 aliphatic carbocycles. The van der Waals surface area contributed by atoms with Crippen LogP contribution in [0.4, 0.5) is 32.0 Å². The van der Waals surface area contributed by atoms with Gasteiger partial charge in [-0.15, -0.1) is 11.8 Å². The minimum atomic E-state index is -4.85. The lowest BCUT2D eigenvalue weighted by Crippen LogP contribution is -2.14. The van der Waals surface area contributed by atoms with Crippen LogP contribution in [0, 0.1) is 0 Å². The van der Waals surface area contributed by atoms with Gasteiger partial charge in [-0.05, 0) is 24.6 Å². The van der Waals surface area contributed by atoms with Gasteiger partial charge in [-0.2, -0.15) is 26.3 Å². The van der Waals surface area contributed by atoms with Crippen molar-refractivity contribution in [1.29, 1.82) is 0 Å². The average Bonchev–Trinajstić information content (AvgIpc) is 2.45. The Hall–Kier alpha value is -1.05. The molecule has 0 heterocycles. The summed E-state index contributed by atoms with van der Waals surface area (Å²) in [5, 5.41) is 2.87. The summed E-state index contributed by atoms with van der Waals surface area (Å²) in [6.07, 6.45) is -5.44. The number of hydrogen-bond donors (Lipinski definition) is 1. The maximum atomic E-state index is 13.0. The number of hydrogen-bond acceptors (Lipinski definition) is 2. The fourth-order valence-electron chi connectivity index (χ4n) is 2.14. The third kappa shape index (κ3) is 6.83. The maximum Gasteiger partial charge on any atom is 0.418 e. The van der Waals surface area contributed by atoms with Gasteiger partial charge >= 0.3 is 12.4 Å². The summed E-state index contributed by atoms with van der Waals surface area (Å²) in [5.41, 5.74) is -2.93. The van der Waals surface area contributed by atoms with Crippen molar-refractivity contribution >= 4 is 17.4 Å². The summed E-state index contributed by atoms with van der Waals surface area (Å²) >= 11 is 1.45. The van der Waals surface area contributed by atoms with E-state index in [0.29, 0.717) is 6.07 Å². The quantitative estimate of drug-likeness (QED) is 0.306. The van der Waals surface area contributed by atoms with Crippen LogP contribution in [-0.2, 0) is 12.4 Å². The van der Waals surface area contributed by atoms with Gasteiger partial charge < -0.3 is 5.32 Å². The number of anilines is 1. The summed E-state index contributed by atoms with van der Waals surface area (Å²) < 4.78 is 76.8. The molecule has 24 heavy (non-hydrogen) atoms. The Balaban J connectivity index is 2.74. The largest absolute Gasteiger partial charge is 0.418 e. The lowest BCUT2D eigenvalue weighted by molar-refractivity contribution is -0.142. The number of rotatable bonds is 8. The van der Waals surface area contributed by atoms with E-state index in [9.17, 15) is 26.3 Å². The van der Waals surface area contributed by atoms with E-state index < -0.39 is 23.5 Å². The zero-order chi connectivity index (χ0) is 18.4. The molecule has 0 bridgehead atoms. The summed E-state index contributed by atoms with van der Waals surface area (Å²) in [7, 11) is 0. The molecule has 0 saturated carbocycles. The van der Waals surface area contributed by atoms with Crippen LogP contribution < -0.4 is 5.32 Å². The van der Waals surface area contributed by atoms with E-state index in [-0.39, 0.29) is 22.9 Å². The normalized spacial score (nSPS) is 13.8. The molecular formula is C16H21F6NS. The van der Waals surface area contributed by atoms with Crippen LogP contribution in [0.15, 0.2) is 18.2 Å². The molecule has 1 aromatic carbocycles. The highest BCUT2D eigenvalue weighted by atomic mass is 32.2. The van der Waals surface area contributed by atoms with Crippen LogP contribution >= 0.6 is 11.8 Å². The summed E-state index contributed by atoms with van der Waals surface area (Å²) in [5.74, 6) is 0.210. The van der Waals surface area contributed by atoms with Crippen LogP contribution in [0.1, 0.15) is 50.7 Å². The molecule has 0 radical (unpaired) electrons. The standard InChI is InChI=1S/C16H21F6NS/c1-3-4-5-6-11(2)24-10-23-14-8-7-12(15(17,18)19)9-13(14)16(20,21)22/h7-9,11,23H,3-6,10H2,1-2H3/t11-/m1/s1. The van der Waals surface area contributed by atoms with Crippen LogP contribution in [0.3, 0.4) is 0 Å². The number of halogens is 6. The SMILES string of the molecule is CCCCC[C@@H](C)SCNc1ccc(C(F)(F)F)cc1C(F)(F)F. The second-order valence-electron chi connectivity index (χ2n) is 5.55. The Kier molecular flexibility index (Phi) is 7.76. The second-order valence-corrected chi connectivity index (χ2v) is 6.98. The predicted molar refractivity (Wildman–Crippen MR) is 86.1 cm³/mol. The zero-order valence-corrected chi connectivity index (χ0v) is 14.3. The maximum absolute atomic E-state index is 13.0. The fraction of sp³-hybridized carbons (Fsp3) is 0.625. The van der Waals surface area contributed by atoms with E-state index in [2.05, 4.69) is 12.2 Å². The van der Waals surface area contributed by atoms with E-state index in [1.165, 1.54) is 11.8 Å². The highest BCUT2D eigenvalue weighted by Gasteiger charge is 2.38. The van der Waals surface area contributed by atoms with Gasteiger partial charge in [0.25, 0.3) is 0 Å². The van der Waals surface area contributed by atoms with Crippen molar-refractivity contribution in [3.05, 3.63) is 29.3 Å². The second kappa shape index (κ2) is 8.87.